The van der Waals surface area contributed by atoms with Crippen molar-refractivity contribution in [3.8, 4) is 0 Å². The first kappa shape index (κ1) is 11.2. The predicted octanol–water partition coefficient (Wildman–Crippen LogP) is 2.14. The summed E-state index contributed by atoms with van der Waals surface area (Å²) in [6.07, 6.45) is 6.94. The molecule has 88 valence electrons. The third kappa shape index (κ3) is 2.27. The maximum Gasteiger partial charge on any atom is 0.141 e. The molecule has 2 heterocycles. The minimum atomic E-state index is 0.668. The van der Waals surface area contributed by atoms with E-state index in [0.717, 1.165) is 12.4 Å². The van der Waals surface area contributed by atoms with Gasteiger partial charge < -0.3 is 10.3 Å². The molecule has 3 N–H and O–H groups in total. The van der Waals surface area contributed by atoms with Gasteiger partial charge in [0.15, 0.2) is 0 Å². The number of rotatable bonds is 3. The number of hydrogen-bond acceptors (Lipinski definition) is 4. The Bertz CT molecular complexity index is 340. The van der Waals surface area contributed by atoms with Crippen molar-refractivity contribution in [2.45, 2.75) is 38.6 Å². The molecule has 0 amide bonds. The van der Waals surface area contributed by atoms with Crippen molar-refractivity contribution in [1.82, 2.24) is 4.98 Å². The van der Waals surface area contributed by atoms with Crippen LogP contribution in [0.5, 0.6) is 0 Å². The average molecular weight is 220 g/mol. The summed E-state index contributed by atoms with van der Waals surface area (Å²) in [5.74, 6) is 6.12. The number of hydrogen-bond donors (Lipinski definition) is 2. The van der Waals surface area contributed by atoms with Crippen molar-refractivity contribution in [2.75, 3.05) is 16.9 Å². The van der Waals surface area contributed by atoms with Crippen LogP contribution >= 0.6 is 0 Å². The Balaban J connectivity index is 2.20. The third-order valence-corrected chi connectivity index (χ3v) is 3.32. The highest BCUT2D eigenvalue weighted by Gasteiger charge is 2.21. The van der Waals surface area contributed by atoms with E-state index >= 15 is 0 Å². The maximum atomic E-state index is 5.38. The van der Waals surface area contributed by atoms with Gasteiger partial charge in [-0.05, 0) is 31.7 Å². The summed E-state index contributed by atoms with van der Waals surface area (Å²) in [5, 5.41) is 0. The van der Waals surface area contributed by atoms with Crippen LogP contribution < -0.4 is 16.2 Å². The second-order valence-electron chi connectivity index (χ2n) is 4.29. The van der Waals surface area contributed by atoms with Gasteiger partial charge in [-0.2, -0.15) is 0 Å². The lowest BCUT2D eigenvalue weighted by Gasteiger charge is -2.37. The first-order valence-corrected chi connectivity index (χ1v) is 6.04. The van der Waals surface area contributed by atoms with Gasteiger partial charge in [-0.1, -0.05) is 6.92 Å². The van der Waals surface area contributed by atoms with E-state index < -0.39 is 0 Å². The second-order valence-corrected chi connectivity index (χ2v) is 4.29. The summed E-state index contributed by atoms with van der Waals surface area (Å²) in [4.78, 5) is 6.62. The molecule has 4 nitrogen and oxygen atoms in total. The molecule has 1 aliphatic rings. The molecule has 4 heteroatoms. The van der Waals surface area contributed by atoms with Crippen molar-refractivity contribution >= 4 is 11.5 Å². The number of nitrogen functional groups attached to an aromatic ring is 1. The number of nitrogens with two attached hydrogens (primary N) is 1. The fraction of sp³-hybridized carbons (Fsp3) is 0.583. The topological polar surface area (TPSA) is 54.2 Å². The zero-order valence-corrected chi connectivity index (χ0v) is 9.82. The number of anilines is 2. The van der Waals surface area contributed by atoms with E-state index in [2.05, 4.69) is 28.3 Å². The van der Waals surface area contributed by atoms with Gasteiger partial charge in [0.1, 0.15) is 5.82 Å². The fourth-order valence-corrected chi connectivity index (χ4v) is 2.44. The SMILES string of the molecule is CCC1CCCCN1c1ccnc(NN)c1. The Labute approximate surface area is 96.8 Å². The van der Waals surface area contributed by atoms with Crippen molar-refractivity contribution in [3.63, 3.8) is 0 Å². The Hall–Kier alpha value is -1.29. The number of nitrogens with zero attached hydrogens (tertiary/aromatic N) is 2. The maximum absolute atomic E-state index is 5.38. The molecule has 0 aliphatic carbocycles. The van der Waals surface area contributed by atoms with Crippen LogP contribution in [-0.2, 0) is 0 Å². The molecule has 1 aromatic rings. The minimum absolute atomic E-state index is 0.668. The number of aromatic nitrogens is 1. The van der Waals surface area contributed by atoms with E-state index in [1.54, 1.807) is 0 Å². The second kappa shape index (κ2) is 5.16. The molecule has 16 heavy (non-hydrogen) atoms. The Morgan fingerprint density at radius 2 is 2.44 bits per heavy atom. The highest BCUT2D eigenvalue weighted by Crippen LogP contribution is 2.27. The number of pyridine rings is 1. The lowest BCUT2D eigenvalue weighted by molar-refractivity contribution is 0.450. The van der Waals surface area contributed by atoms with Crippen molar-refractivity contribution < 1.29 is 0 Å². The lowest BCUT2D eigenvalue weighted by Crippen LogP contribution is -2.39. The molecule has 1 fully saturated rings. The summed E-state index contributed by atoms with van der Waals surface area (Å²) in [6.45, 7) is 3.40. The third-order valence-electron chi connectivity index (χ3n) is 3.32. The van der Waals surface area contributed by atoms with E-state index in [1.807, 2.05) is 12.3 Å². The van der Waals surface area contributed by atoms with E-state index in [9.17, 15) is 0 Å². The van der Waals surface area contributed by atoms with Gasteiger partial charge in [-0.15, -0.1) is 0 Å². The molecule has 0 radical (unpaired) electrons. The van der Waals surface area contributed by atoms with Gasteiger partial charge >= 0.3 is 0 Å². The normalized spacial score (nSPS) is 20.9. The first-order chi connectivity index (χ1) is 7.85. The zero-order chi connectivity index (χ0) is 11.4. The van der Waals surface area contributed by atoms with E-state index in [4.69, 9.17) is 5.84 Å². The summed E-state index contributed by atoms with van der Waals surface area (Å²) in [6, 6.07) is 4.75. The Morgan fingerprint density at radius 3 is 3.19 bits per heavy atom. The average Bonchev–Trinajstić information content (AvgIpc) is 2.38. The molecule has 0 saturated carbocycles. The Morgan fingerprint density at radius 1 is 1.56 bits per heavy atom. The van der Waals surface area contributed by atoms with E-state index in [1.165, 1.54) is 31.4 Å². The van der Waals surface area contributed by atoms with E-state index in [-0.39, 0.29) is 0 Å². The van der Waals surface area contributed by atoms with Crippen molar-refractivity contribution in [2.24, 2.45) is 5.84 Å². The standard InChI is InChI=1S/C12H20N4/c1-2-10-5-3-4-8-16(10)11-6-7-14-12(9-11)15-13/h6-7,9-10H,2-5,8,13H2,1H3,(H,14,15). The molecule has 1 aromatic heterocycles. The molecule has 1 unspecified atom stereocenters. The van der Waals surface area contributed by atoms with Crippen LogP contribution in [0.25, 0.3) is 0 Å². The highest BCUT2D eigenvalue weighted by atomic mass is 15.3. The molecule has 0 spiro atoms. The summed E-state index contributed by atoms with van der Waals surface area (Å²) in [5.41, 5.74) is 3.83. The molecule has 2 rings (SSSR count). The van der Waals surface area contributed by atoms with Gasteiger partial charge in [0.05, 0.1) is 0 Å². The summed E-state index contributed by atoms with van der Waals surface area (Å²) < 4.78 is 0. The smallest absolute Gasteiger partial charge is 0.141 e. The lowest BCUT2D eigenvalue weighted by atomic mass is 9.99. The van der Waals surface area contributed by atoms with Crippen LogP contribution in [0, 0.1) is 0 Å². The van der Waals surface area contributed by atoms with Gasteiger partial charge in [0.2, 0.25) is 0 Å². The van der Waals surface area contributed by atoms with Crippen molar-refractivity contribution in [1.29, 1.82) is 0 Å². The predicted molar refractivity (Wildman–Crippen MR) is 67.3 cm³/mol. The van der Waals surface area contributed by atoms with Gasteiger partial charge in [-0.3, -0.25) is 0 Å². The first-order valence-electron chi connectivity index (χ1n) is 6.04. The number of nitrogens with one attached hydrogen (secondary N) is 1. The van der Waals surface area contributed by atoms with Gasteiger partial charge in [0, 0.05) is 30.5 Å². The highest BCUT2D eigenvalue weighted by molar-refractivity contribution is 5.54. The van der Waals surface area contributed by atoms with Crippen LogP contribution in [0.1, 0.15) is 32.6 Å². The van der Waals surface area contributed by atoms with Crippen molar-refractivity contribution in [3.05, 3.63) is 18.3 Å². The molecule has 0 bridgehead atoms. The van der Waals surface area contributed by atoms with Crippen LogP contribution in [0.2, 0.25) is 0 Å². The van der Waals surface area contributed by atoms with Crippen LogP contribution in [0.4, 0.5) is 11.5 Å². The van der Waals surface area contributed by atoms with Crippen LogP contribution in [-0.4, -0.2) is 17.6 Å². The van der Waals surface area contributed by atoms with Crippen LogP contribution in [0.3, 0.4) is 0 Å². The minimum Gasteiger partial charge on any atom is -0.368 e. The fourth-order valence-electron chi connectivity index (χ4n) is 2.44. The largest absolute Gasteiger partial charge is 0.368 e. The molecular weight excluding hydrogens is 200 g/mol. The van der Waals surface area contributed by atoms with Gasteiger partial charge in [-0.25, -0.2) is 10.8 Å². The monoisotopic (exact) mass is 220 g/mol. The Kier molecular flexibility index (Phi) is 3.62. The molecule has 1 atom stereocenters. The van der Waals surface area contributed by atoms with E-state index in [0.29, 0.717) is 6.04 Å². The molecular formula is C12H20N4. The quantitative estimate of drug-likeness (QED) is 0.605. The summed E-state index contributed by atoms with van der Waals surface area (Å²) >= 11 is 0. The molecule has 0 aromatic carbocycles. The summed E-state index contributed by atoms with van der Waals surface area (Å²) in [7, 11) is 0. The number of hydrazine groups is 1. The molecule has 1 aliphatic heterocycles. The van der Waals surface area contributed by atoms with Gasteiger partial charge in [0.25, 0.3) is 0 Å². The van der Waals surface area contributed by atoms with Crippen LogP contribution in [0.15, 0.2) is 18.3 Å². The zero-order valence-electron chi connectivity index (χ0n) is 9.82. The molecule has 1 saturated heterocycles. The number of piperidine rings is 1.